The first kappa shape index (κ1) is 16.3. The van der Waals surface area contributed by atoms with E-state index in [1.165, 1.54) is 45.1 Å². The Morgan fingerprint density at radius 3 is 2.30 bits per heavy atom. The Bertz CT molecular complexity index is 289. The molecule has 2 aliphatic rings. The molecule has 0 spiro atoms. The van der Waals surface area contributed by atoms with Crippen molar-refractivity contribution in [2.24, 2.45) is 0 Å². The average molecular weight is 281 g/mol. The van der Waals surface area contributed by atoms with E-state index in [-0.39, 0.29) is 11.1 Å². The highest BCUT2D eigenvalue weighted by Crippen LogP contribution is 2.29. The van der Waals surface area contributed by atoms with E-state index < -0.39 is 0 Å². The van der Waals surface area contributed by atoms with Crippen molar-refractivity contribution in [3.63, 3.8) is 0 Å². The molecule has 2 unspecified atom stereocenters. The van der Waals surface area contributed by atoms with E-state index in [4.69, 9.17) is 0 Å². The summed E-state index contributed by atoms with van der Waals surface area (Å²) in [4.78, 5) is 0. The first-order valence-corrected chi connectivity index (χ1v) is 8.55. The molecule has 3 heteroatoms. The van der Waals surface area contributed by atoms with Crippen LogP contribution in [0.25, 0.3) is 0 Å². The Kier molecular flexibility index (Phi) is 5.14. The smallest absolute Gasteiger partial charge is 0.0144 e. The first-order valence-electron chi connectivity index (χ1n) is 8.55. The van der Waals surface area contributed by atoms with Gasteiger partial charge in [-0.3, -0.25) is 0 Å². The lowest BCUT2D eigenvalue weighted by Crippen LogP contribution is -2.62. The van der Waals surface area contributed by atoms with Crippen molar-refractivity contribution in [3.8, 4) is 0 Å². The molecule has 2 aliphatic heterocycles. The van der Waals surface area contributed by atoms with Crippen LogP contribution in [0.5, 0.6) is 0 Å². The van der Waals surface area contributed by atoms with Gasteiger partial charge in [0.1, 0.15) is 0 Å². The summed E-state index contributed by atoms with van der Waals surface area (Å²) in [6.07, 6.45) is 7.82. The minimum Gasteiger partial charge on any atom is -0.314 e. The van der Waals surface area contributed by atoms with E-state index in [1.54, 1.807) is 0 Å². The quantitative estimate of drug-likeness (QED) is 0.741. The van der Waals surface area contributed by atoms with Crippen LogP contribution in [0.2, 0.25) is 0 Å². The van der Waals surface area contributed by atoms with Crippen LogP contribution < -0.4 is 16.0 Å². The summed E-state index contributed by atoms with van der Waals surface area (Å²) in [6.45, 7) is 12.9. The van der Waals surface area contributed by atoms with Gasteiger partial charge in [0.15, 0.2) is 0 Å². The Hall–Kier alpha value is -0.120. The van der Waals surface area contributed by atoms with Crippen molar-refractivity contribution in [1.82, 2.24) is 16.0 Å². The maximum absolute atomic E-state index is 3.90. The largest absolute Gasteiger partial charge is 0.314 e. The van der Waals surface area contributed by atoms with Crippen molar-refractivity contribution in [2.45, 2.75) is 102 Å². The zero-order valence-corrected chi connectivity index (χ0v) is 14.2. The minimum atomic E-state index is 0.238. The van der Waals surface area contributed by atoms with Crippen LogP contribution in [0.1, 0.15) is 73.1 Å². The van der Waals surface area contributed by atoms with Crippen LogP contribution in [0, 0.1) is 0 Å². The van der Waals surface area contributed by atoms with Crippen molar-refractivity contribution in [3.05, 3.63) is 0 Å². The van der Waals surface area contributed by atoms with E-state index in [0.29, 0.717) is 12.1 Å². The molecule has 0 aliphatic carbocycles. The molecule has 0 radical (unpaired) electrons. The van der Waals surface area contributed by atoms with E-state index >= 15 is 0 Å². The molecule has 0 aromatic carbocycles. The molecule has 2 fully saturated rings. The fourth-order valence-electron chi connectivity index (χ4n) is 4.46. The maximum Gasteiger partial charge on any atom is 0.0144 e. The van der Waals surface area contributed by atoms with Crippen molar-refractivity contribution >= 4 is 0 Å². The Morgan fingerprint density at radius 1 is 1.10 bits per heavy atom. The van der Waals surface area contributed by atoms with Gasteiger partial charge in [0.2, 0.25) is 0 Å². The first-order chi connectivity index (χ1) is 9.26. The summed E-state index contributed by atoms with van der Waals surface area (Å²) in [6, 6.07) is 1.98. The third-order valence-corrected chi connectivity index (χ3v) is 4.76. The fourth-order valence-corrected chi connectivity index (χ4v) is 4.46. The molecule has 2 atom stereocenters. The van der Waals surface area contributed by atoms with Gasteiger partial charge in [0, 0.05) is 29.2 Å². The summed E-state index contributed by atoms with van der Waals surface area (Å²) >= 11 is 0. The molecule has 2 rings (SSSR count). The number of hydrogen-bond donors (Lipinski definition) is 3. The minimum absolute atomic E-state index is 0.238. The Morgan fingerprint density at radius 2 is 1.75 bits per heavy atom. The molecule has 20 heavy (non-hydrogen) atoms. The molecule has 0 aromatic heterocycles. The van der Waals surface area contributed by atoms with E-state index in [0.717, 1.165) is 6.04 Å². The topological polar surface area (TPSA) is 36.1 Å². The standard InChI is InChI=1S/C17H35N3/c1-13(10-14-8-6-7-9-18-14)19-15-11-16(2,3)20-17(4,5)12-15/h13-15,18-20H,6-12H2,1-5H3. The van der Waals surface area contributed by atoms with Crippen LogP contribution >= 0.6 is 0 Å². The molecule has 0 bridgehead atoms. The summed E-state index contributed by atoms with van der Waals surface area (Å²) in [5, 5.41) is 11.3. The average Bonchev–Trinajstić information content (AvgIpc) is 2.25. The third-order valence-electron chi connectivity index (χ3n) is 4.76. The van der Waals surface area contributed by atoms with Crippen LogP contribution in [-0.2, 0) is 0 Å². The lowest BCUT2D eigenvalue weighted by molar-refractivity contribution is 0.138. The Balaban J connectivity index is 1.82. The third kappa shape index (κ3) is 5.01. The summed E-state index contributed by atoms with van der Waals surface area (Å²) < 4.78 is 0. The van der Waals surface area contributed by atoms with Gasteiger partial charge >= 0.3 is 0 Å². The highest BCUT2D eigenvalue weighted by molar-refractivity contribution is 5.00. The second kappa shape index (κ2) is 6.33. The van der Waals surface area contributed by atoms with Gasteiger partial charge < -0.3 is 16.0 Å². The van der Waals surface area contributed by atoms with Crippen molar-refractivity contribution in [1.29, 1.82) is 0 Å². The molecule has 3 nitrogen and oxygen atoms in total. The molecular weight excluding hydrogens is 246 g/mol. The molecule has 0 amide bonds. The predicted octanol–water partition coefficient (Wildman–Crippen LogP) is 2.81. The molecule has 3 N–H and O–H groups in total. The van der Waals surface area contributed by atoms with Crippen LogP contribution in [0.15, 0.2) is 0 Å². The van der Waals surface area contributed by atoms with Crippen molar-refractivity contribution < 1.29 is 0 Å². The predicted molar refractivity (Wildman–Crippen MR) is 87.2 cm³/mol. The Labute approximate surface area is 125 Å². The lowest BCUT2D eigenvalue weighted by atomic mass is 9.79. The molecule has 118 valence electrons. The zero-order chi connectivity index (χ0) is 14.8. The van der Waals surface area contributed by atoms with Crippen LogP contribution in [-0.4, -0.2) is 35.7 Å². The van der Waals surface area contributed by atoms with Gasteiger partial charge in [-0.15, -0.1) is 0 Å². The van der Waals surface area contributed by atoms with Gasteiger partial charge in [0.25, 0.3) is 0 Å². The molecule has 0 saturated carbocycles. The van der Waals surface area contributed by atoms with E-state index in [1.807, 2.05) is 0 Å². The lowest BCUT2D eigenvalue weighted by Gasteiger charge is -2.47. The van der Waals surface area contributed by atoms with Crippen LogP contribution in [0.4, 0.5) is 0 Å². The van der Waals surface area contributed by atoms with Gasteiger partial charge in [-0.1, -0.05) is 6.42 Å². The summed E-state index contributed by atoms with van der Waals surface area (Å²) in [5.41, 5.74) is 0.477. The number of nitrogens with one attached hydrogen (secondary N) is 3. The number of hydrogen-bond acceptors (Lipinski definition) is 3. The zero-order valence-electron chi connectivity index (χ0n) is 14.2. The van der Waals surface area contributed by atoms with Gasteiger partial charge in [-0.05, 0) is 73.3 Å². The highest BCUT2D eigenvalue weighted by atomic mass is 15.1. The fraction of sp³-hybridized carbons (Fsp3) is 1.00. The highest BCUT2D eigenvalue weighted by Gasteiger charge is 2.37. The molecule has 0 aromatic rings. The normalized spacial score (nSPS) is 31.9. The number of rotatable bonds is 4. The second-order valence-corrected chi connectivity index (χ2v) is 8.45. The van der Waals surface area contributed by atoms with Gasteiger partial charge in [-0.25, -0.2) is 0 Å². The monoisotopic (exact) mass is 281 g/mol. The van der Waals surface area contributed by atoms with Gasteiger partial charge in [-0.2, -0.15) is 0 Å². The van der Waals surface area contributed by atoms with Crippen molar-refractivity contribution in [2.75, 3.05) is 6.54 Å². The molecule has 2 heterocycles. The second-order valence-electron chi connectivity index (χ2n) is 8.45. The molecule has 2 saturated heterocycles. The summed E-state index contributed by atoms with van der Waals surface area (Å²) in [5.74, 6) is 0. The van der Waals surface area contributed by atoms with Crippen LogP contribution in [0.3, 0.4) is 0 Å². The van der Waals surface area contributed by atoms with Gasteiger partial charge in [0.05, 0.1) is 0 Å². The molecular formula is C17H35N3. The number of piperidine rings is 2. The maximum atomic E-state index is 3.90. The summed E-state index contributed by atoms with van der Waals surface area (Å²) in [7, 11) is 0. The van der Waals surface area contributed by atoms with E-state index in [9.17, 15) is 0 Å². The SMILES string of the molecule is CC(CC1CCCCN1)NC1CC(C)(C)NC(C)(C)C1. The van der Waals surface area contributed by atoms with E-state index in [2.05, 4.69) is 50.6 Å².